The zero-order chi connectivity index (χ0) is 13.2. The standard InChI is InChI=1S/C13H22F3NO/c14-13(15,16)11-4-8-17(9-5-11)10-12(18)6-2-1-3-7-12/h11,18H,1-10H2. The molecule has 0 amide bonds. The van der Waals surface area contributed by atoms with Crippen LogP contribution in [0.1, 0.15) is 44.9 Å². The molecule has 1 saturated heterocycles. The highest BCUT2D eigenvalue weighted by atomic mass is 19.4. The van der Waals surface area contributed by atoms with Crippen LogP contribution in [0.15, 0.2) is 0 Å². The van der Waals surface area contributed by atoms with E-state index in [1.165, 1.54) is 6.42 Å². The van der Waals surface area contributed by atoms with Gasteiger partial charge in [-0.15, -0.1) is 0 Å². The summed E-state index contributed by atoms with van der Waals surface area (Å²) < 4.78 is 37.6. The maximum atomic E-state index is 12.5. The molecule has 1 N–H and O–H groups in total. The van der Waals surface area contributed by atoms with Gasteiger partial charge in [0.2, 0.25) is 0 Å². The van der Waals surface area contributed by atoms with Gasteiger partial charge in [0.15, 0.2) is 0 Å². The monoisotopic (exact) mass is 265 g/mol. The largest absolute Gasteiger partial charge is 0.391 e. The fraction of sp³-hybridized carbons (Fsp3) is 1.00. The van der Waals surface area contributed by atoms with Crippen molar-refractivity contribution in [3.63, 3.8) is 0 Å². The molecule has 5 heteroatoms. The van der Waals surface area contributed by atoms with Crippen LogP contribution in [0, 0.1) is 5.92 Å². The van der Waals surface area contributed by atoms with Crippen molar-refractivity contribution in [3.8, 4) is 0 Å². The van der Waals surface area contributed by atoms with Gasteiger partial charge in [-0.3, -0.25) is 0 Å². The molecular weight excluding hydrogens is 243 g/mol. The predicted octanol–water partition coefficient (Wildman–Crippen LogP) is 2.96. The Morgan fingerprint density at radius 3 is 2.11 bits per heavy atom. The number of alkyl halides is 3. The molecule has 106 valence electrons. The van der Waals surface area contributed by atoms with Crippen molar-refractivity contribution in [2.75, 3.05) is 19.6 Å². The summed E-state index contributed by atoms with van der Waals surface area (Å²) >= 11 is 0. The van der Waals surface area contributed by atoms with Crippen LogP contribution in [0.5, 0.6) is 0 Å². The van der Waals surface area contributed by atoms with Crippen LogP contribution in [0.2, 0.25) is 0 Å². The van der Waals surface area contributed by atoms with E-state index in [2.05, 4.69) is 0 Å². The fourth-order valence-electron chi connectivity index (χ4n) is 3.20. The number of halogens is 3. The van der Waals surface area contributed by atoms with Gasteiger partial charge in [-0.25, -0.2) is 0 Å². The molecule has 1 heterocycles. The first kappa shape index (κ1) is 14.1. The molecule has 2 nitrogen and oxygen atoms in total. The number of nitrogens with zero attached hydrogens (tertiary/aromatic N) is 1. The van der Waals surface area contributed by atoms with Gasteiger partial charge in [-0.05, 0) is 38.8 Å². The van der Waals surface area contributed by atoms with Crippen LogP contribution in [-0.4, -0.2) is 41.4 Å². The van der Waals surface area contributed by atoms with Crippen LogP contribution in [-0.2, 0) is 0 Å². The molecule has 0 aromatic carbocycles. The first-order valence-electron chi connectivity index (χ1n) is 6.91. The maximum absolute atomic E-state index is 12.5. The molecule has 18 heavy (non-hydrogen) atoms. The van der Waals surface area contributed by atoms with Crippen molar-refractivity contribution in [2.24, 2.45) is 5.92 Å². The number of piperidine rings is 1. The lowest BCUT2D eigenvalue weighted by atomic mass is 9.84. The lowest BCUT2D eigenvalue weighted by molar-refractivity contribution is -0.186. The van der Waals surface area contributed by atoms with Gasteiger partial charge in [0, 0.05) is 6.54 Å². The first-order valence-corrected chi connectivity index (χ1v) is 6.91. The van der Waals surface area contributed by atoms with Crippen molar-refractivity contribution >= 4 is 0 Å². The number of β-amino-alcohol motifs (C(OH)–C–C–N with tert-alkyl or cyclic N) is 1. The summed E-state index contributed by atoms with van der Waals surface area (Å²) in [7, 11) is 0. The number of hydrogen-bond donors (Lipinski definition) is 1. The zero-order valence-electron chi connectivity index (χ0n) is 10.7. The first-order chi connectivity index (χ1) is 8.39. The third-order valence-corrected chi connectivity index (χ3v) is 4.35. The second kappa shape index (κ2) is 5.37. The Hall–Kier alpha value is -0.290. The van der Waals surface area contributed by atoms with E-state index in [1.807, 2.05) is 4.90 Å². The molecule has 1 aliphatic heterocycles. The smallest absolute Gasteiger partial charge is 0.389 e. The van der Waals surface area contributed by atoms with E-state index in [4.69, 9.17) is 0 Å². The zero-order valence-corrected chi connectivity index (χ0v) is 10.7. The third kappa shape index (κ3) is 3.60. The van der Waals surface area contributed by atoms with Gasteiger partial charge in [-0.1, -0.05) is 19.3 Å². The molecule has 0 aromatic rings. The lowest BCUT2D eigenvalue weighted by Gasteiger charge is -2.40. The number of likely N-dealkylation sites (tertiary alicyclic amines) is 1. The second-order valence-electron chi connectivity index (χ2n) is 5.88. The lowest BCUT2D eigenvalue weighted by Crippen LogP contribution is -2.48. The minimum Gasteiger partial charge on any atom is -0.389 e. The molecule has 0 aromatic heterocycles. The average Bonchev–Trinajstić information content (AvgIpc) is 2.29. The van der Waals surface area contributed by atoms with Gasteiger partial charge in [0.25, 0.3) is 0 Å². The van der Waals surface area contributed by atoms with Crippen LogP contribution < -0.4 is 0 Å². The summed E-state index contributed by atoms with van der Waals surface area (Å²) in [6.45, 7) is 1.48. The topological polar surface area (TPSA) is 23.5 Å². The van der Waals surface area contributed by atoms with E-state index >= 15 is 0 Å². The molecule has 0 unspecified atom stereocenters. The summed E-state index contributed by atoms with van der Waals surface area (Å²) in [5, 5.41) is 10.4. The van der Waals surface area contributed by atoms with Gasteiger partial charge in [0.05, 0.1) is 11.5 Å². The molecule has 0 radical (unpaired) electrons. The summed E-state index contributed by atoms with van der Waals surface area (Å²) in [4.78, 5) is 2.01. The molecule has 1 saturated carbocycles. The van der Waals surface area contributed by atoms with Crippen LogP contribution >= 0.6 is 0 Å². The maximum Gasteiger partial charge on any atom is 0.391 e. The summed E-state index contributed by atoms with van der Waals surface area (Å²) in [5.74, 6) is -1.14. The van der Waals surface area contributed by atoms with Crippen molar-refractivity contribution in [2.45, 2.75) is 56.7 Å². The molecule has 0 atom stereocenters. The van der Waals surface area contributed by atoms with E-state index in [1.54, 1.807) is 0 Å². The second-order valence-corrected chi connectivity index (χ2v) is 5.88. The third-order valence-electron chi connectivity index (χ3n) is 4.35. The molecule has 0 spiro atoms. The fourth-order valence-corrected chi connectivity index (χ4v) is 3.20. The summed E-state index contributed by atoms with van der Waals surface area (Å²) in [6.07, 6.45) is 1.15. The van der Waals surface area contributed by atoms with Crippen molar-refractivity contribution < 1.29 is 18.3 Å². The van der Waals surface area contributed by atoms with Crippen LogP contribution in [0.3, 0.4) is 0 Å². The van der Waals surface area contributed by atoms with E-state index < -0.39 is 17.7 Å². The van der Waals surface area contributed by atoms with E-state index in [0.717, 1.165) is 25.7 Å². The Kier molecular flexibility index (Phi) is 4.22. The molecule has 1 aliphatic carbocycles. The highest BCUT2D eigenvalue weighted by Crippen LogP contribution is 2.35. The summed E-state index contributed by atoms with van der Waals surface area (Å²) in [5.41, 5.74) is -0.649. The average molecular weight is 265 g/mol. The highest BCUT2D eigenvalue weighted by molar-refractivity contribution is 4.87. The molecule has 2 rings (SSSR count). The molecule has 2 aliphatic rings. The van der Waals surface area contributed by atoms with Crippen LogP contribution in [0.4, 0.5) is 13.2 Å². The van der Waals surface area contributed by atoms with Crippen LogP contribution in [0.25, 0.3) is 0 Å². The highest BCUT2D eigenvalue weighted by Gasteiger charge is 2.42. The van der Waals surface area contributed by atoms with Gasteiger partial charge < -0.3 is 10.0 Å². The summed E-state index contributed by atoms with van der Waals surface area (Å²) in [6, 6.07) is 0. The van der Waals surface area contributed by atoms with Crippen molar-refractivity contribution in [1.82, 2.24) is 4.90 Å². The number of aliphatic hydroxyl groups is 1. The van der Waals surface area contributed by atoms with Crippen molar-refractivity contribution in [3.05, 3.63) is 0 Å². The normalized spacial score (nSPS) is 27.3. The Labute approximate surface area is 106 Å². The number of rotatable bonds is 2. The Balaban J connectivity index is 1.79. The predicted molar refractivity (Wildman–Crippen MR) is 63.3 cm³/mol. The SMILES string of the molecule is OC1(CN2CCC(C(F)(F)F)CC2)CCCCC1. The minimum absolute atomic E-state index is 0.180. The van der Waals surface area contributed by atoms with Gasteiger partial charge in [-0.2, -0.15) is 13.2 Å². The van der Waals surface area contributed by atoms with E-state index in [0.29, 0.717) is 19.6 Å². The van der Waals surface area contributed by atoms with Gasteiger partial charge in [0.1, 0.15) is 0 Å². The van der Waals surface area contributed by atoms with E-state index in [-0.39, 0.29) is 12.8 Å². The molecular formula is C13H22F3NO. The van der Waals surface area contributed by atoms with Gasteiger partial charge >= 0.3 is 6.18 Å². The minimum atomic E-state index is -4.05. The van der Waals surface area contributed by atoms with Crippen molar-refractivity contribution in [1.29, 1.82) is 0 Å². The molecule has 0 bridgehead atoms. The van der Waals surface area contributed by atoms with E-state index in [9.17, 15) is 18.3 Å². The quantitative estimate of drug-likeness (QED) is 0.829. The Morgan fingerprint density at radius 1 is 1.06 bits per heavy atom. The Bertz CT molecular complexity index is 266. The number of hydrogen-bond acceptors (Lipinski definition) is 2. The molecule has 2 fully saturated rings. The Morgan fingerprint density at radius 2 is 1.61 bits per heavy atom.